The molecule has 0 bridgehead atoms. The van der Waals surface area contributed by atoms with Crippen LogP contribution >= 0.6 is 0 Å². The smallest absolute Gasteiger partial charge is 0.163 e. The van der Waals surface area contributed by atoms with Crippen molar-refractivity contribution in [3.63, 3.8) is 0 Å². The van der Waals surface area contributed by atoms with Crippen molar-refractivity contribution in [1.29, 1.82) is 0 Å². The second kappa shape index (κ2) is 5.58. The molecule has 2 N–H and O–H groups in total. The van der Waals surface area contributed by atoms with Crippen LogP contribution in [0.1, 0.15) is 0 Å². The van der Waals surface area contributed by atoms with Gasteiger partial charge in [-0.05, 0) is 0 Å². The van der Waals surface area contributed by atoms with Crippen LogP contribution in [0.15, 0.2) is 36.4 Å². The number of rotatable bonds is 2. The zero-order valence-electron chi connectivity index (χ0n) is 11.0. The Hall–Kier alpha value is -1.95. The second-order valence-corrected chi connectivity index (χ2v) is 6.37. The zero-order chi connectivity index (χ0) is 13.9. The Labute approximate surface area is 120 Å². The molecule has 0 saturated carbocycles. The van der Waals surface area contributed by atoms with Crippen LogP contribution in [0.4, 0.5) is 11.6 Å². The number of benzene rings is 1. The predicted octanol–water partition coefficient (Wildman–Crippen LogP) is 1.29. The van der Waals surface area contributed by atoms with E-state index < -0.39 is 10.8 Å². The Morgan fingerprint density at radius 3 is 2.50 bits per heavy atom. The lowest BCUT2D eigenvalue weighted by Gasteiger charge is -2.27. The van der Waals surface area contributed by atoms with Gasteiger partial charge < -0.3 is 10.6 Å². The van der Waals surface area contributed by atoms with E-state index in [0.717, 1.165) is 24.5 Å². The van der Waals surface area contributed by atoms with E-state index in [0.29, 0.717) is 23.1 Å². The lowest BCUT2D eigenvalue weighted by atomic mass is 10.2. The molecule has 0 radical (unpaired) electrons. The van der Waals surface area contributed by atoms with Crippen LogP contribution in [0.5, 0.6) is 0 Å². The van der Waals surface area contributed by atoms with Crippen molar-refractivity contribution >= 4 is 22.4 Å². The van der Waals surface area contributed by atoms with Crippen molar-refractivity contribution in [2.24, 2.45) is 0 Å². The highest BCUT2D eigenvalue weighted by Gasteiger charge is 2.18. The third-order valence-electron chi connectivity index (χ3n) is 3.27. The van der Waals surface area contributed by atoms with Crippen molar-refractivity contribution in [2.75, 3.05) is 35.2 Å². The summed E-state index contributed by atoms with van der Waals surface area (Å²) in [6.07, 6.45) is 0. The lowest BCUT2D eigenvalue weighted by molar-refractivity contribution is 0.672. The van der Waals surface area contributed by atoms with Crippen LogP contribution < -0.4 is 10.6 Å². The van der Waals surface area contributed by atoms with Crippen molar-refractivity contribution in [1.82, 2.24) is 9.97 Å². The largest absolute Gasteiger partial charge is 0.384 e. The number of nitrogens with zero attached hydrogens (tertiary/aromatic N) is 3. The molecular weight excluding hydrogens is 272 g/mol. The van der Waals surface area contributed by atoms with Gasteiger partial charge in [0.05, 0.1) is 0 Å². The first-order valence-corrected chi connectivity index (χ1v) is 8.01. The summed E-state index contributed by atoms with van der Waals surface area (Å²) in [5.41, 5.74) is 6.84. The maximum atomic E-state index is 11.4. The fourth-order valence-electron chi connectivity index (χ4n) is 2.20. The van der Waals surface area contributed by atoms with E-state index in [2.05, 4.69) is 14.9 Å². The molecule has 2 aromatic rings. The number of nitrogens with two attached hydrogens (primary N) is 1. The molecule has 0 aliphatic carbocycles. The minimum atomic E-state index is -0.698. The quantitative estimate of drug-likeness (QED) is 0.901. The molecular formula is C14H16N4OS. The number of anilines is 2. The lowest BCUT2D eigenvalue weighted by Crippen LogP contribution is -2.38. The molecule has 1 aliphatic rings. The first-order valence-electron chi connectivity index (χ1n) is 6.52. The first kappa shape index (κ1) is 13.1. The molecule has 0 spiro atoms. The molecule has 0 amide bonds. The first-order chi connectivity index (χ1) is 9.72. The van der Waals surface area contributed by atoms with Crippen LogP contribution in [0.25, 0.3) is 11.4 Å². The Morgan fingerprint density at radius 2 is 1.80 bits per heavy atom. The van der Waals surface area contributed by atoms with Gasteiger partial charge in [0, 0.05) is 47.0 Å². The van der Waals surface area contributed by atoms with Crippen molar-refractivity contribution in [3.05, 3.63) is 36.4 Å². The Balaban J connectivity index is 1.93. The van der Waals surface area contributed by atoms with E-state index in [9.17, 15) is 4.21 Å². The highest BCUT2D eigenvalue weighted by atomic mass is 32.2. The Bertz CT molecular complexity index is 622. The summed E-state index contributed by atoms with van der Waals surface area (Å²) >= 11 is 0. The van der Waals surface area contributed by atoms with Crippen LogP contribution in [0.3, 0.4) is 0 Å². The third-order valence-corrected chi connectivity index (χ3v) is 4.54. The van der Waals surface area contributed by atoms with Gasteiger partial charge in [-0.2, -0.15) is 0 Å². The summed E-state index contributed by atoms with van der Waals surface area (Å²) < 4.78 is 11.4. The molecule has 1 fully saturated rings. The highest BCUT2D eigenvalue weighted by Crippen LogP contribution is 2.21. The van der Waals surface area contributed by atoms with E-state index in [1.807, 2.05) is 30.3 Å². The van der Waals surface area contributed by atoms with E-state index in [-0.39, 0.29) is 0 Å². The molecule has 0 unspecified atom stereocenters. The third kappa shape index (κ3) is 2.80. The standard InChI is InChI=1S/C14H16N4OS/c15-12-10-13(18-6-8-20(19)9-7-18)17-14(16-12)11-4-2-1-3-5-11/h1-5,10H,6-9H2,(H2,15,16,17). The number of hydrogen-bond donors (Lipinski definition) is 1. The molecule has 5 nitrogen and oxygen atoms in total. The van der Waals surface area contributed by atoms with Gasteiger partial charge in [0.2, 0.25) is 0 Å². The summed E-state index contributed by atoms with van der Waals surface area (Å²) in [6.45, 7) is 1.49. The van der Waals surface area contributed by atoms with Crippen molar-refractivity contribution in [2.45, 2.75) is 0 Å². The molecule has 1 saturated heterocycles. The van der Waals surface area contributed by atoms with Gasteiger partial charge in [-0.1, -0.05) is 30.3 Å². The summed E-state index contributed by atoms with van der Waals surface area (Å²) in [6, 6.07) is 11.6. The van der Waals surface area contributed by atoms with Crippen molar-refractivity contribution in [3.8, 4) is 11.4 Å². The number of nitrogen functional groups attached to an aromatic ring is 1. The number of aromatic nitrogens is 2. The Morgan fingerprint density at radius 1 is 1.10 bits per heavy atom. The topological polar surface area (TPSA) is 72.1 Å². The molecule has 104 valence electrons. The molecule has 3 rings (SSSR count). The van der Waals surface area contributed by atoms with Crippen LogP contribution in [0, 0.1) is 0 Å². The van der Waals surface area contributed by atoms with Gasteiger partial charge in [0.1, 0.15) is 11.6 Å². The summed E-state index contributed by atoms with van der Waals surface area (Å²) in [4.78, 5) is 11.0. The average molecular weight is 288 g/mol. The second-order valence-electron chi connectivity index (χ2n) is 4.68. The van der Waals surface area contributed by atoms with Gasteiger partial charge in [0.15, 0.2) is 5.82 Å². The average Bonchev–Trinajstić information content (AvgIpc) is 2.48. The molecule has 20 heavy (non-hydrogen) atoms. The van der Waals surface area contributed by atoms with Gasteiger partial charge in [0.25, 0.3) is 0 Å². The zero-order valence-corrected chi connectivity index (χ0v) is 11.8. The van der Waals surface area contributed by atoms with Crippen LogP contribution in [-0.4, -0.2) is 38.8 Å². The van der Waals surface area contributed by atoms with Crippen LogP contribution in [-0.2, 0) is 10.8 Å². The fourth-order valence-corrected chi connectivity index (χ4v) is 3.25. The summed E-state index contributed by atoms with van der Waals surface area (Å²) in [5, 5.41) is 0. The normalized spacial score (nSPS) is 16.3. The molecule has 1 aliphatic heterocycles. The van der Waals surface area contributed by atoms with Gasteiger partial charge >= 0.3 is 0 Å². The maximum absolute atomic E-state index is 11.4. The fraction of sp³-hybridized carbons (Fsp3) is 0.286. The monoisotopic (exact) mass is 288 g/mol. The Kier molecular flexibility index (Phi) is 3.64. The maximum Gasteiger partial charge on any atom is 0.163 e. The minimum Gasteiger partial charge on any atom is -0.384 e. The molecule has 0 atom stereocenters. The van der Waals surface area contributed by atoms with E-state index in [1.165, 1.54) is 0 Å². The molecule has 1 aromatic carbocycles. The molecule has 1 aromatic heterocycles. The highest BCUT2D eigenvalue weighted by molar-refractivity contribution is 7.85. The van der Waals surface area contributed by atoms with E-state index in [4.69, 9.17) is 5.73 Å². The summed E-state index contributed by atoms with van der Waals surface area (Å²) in [7, 11) is -0.698. The SMILES string of the molecule is Nc1cc(N2CCS(=O)CC2)nc(-c2ccccc2)n1. The number of hydrogen-bond acceptors (Lipinski definition) is 5. The van der Waals surface area contributed by atoms with Gasteiger partial charge in [-0.15, -0.1) is 0 Å². The minimum absolute atomic E-state index is 0.459. The van der Waals surface area contributed by atoms with Gasteiger partial charge in [-0.25, -0.2) is 9.97 Å². The summed E-state index contributed by atoms with van der Waals surface area (Å²) in [5.74, 6) is 3.27. The predicted molar refractivity (Wildman–Crippen MR) is 82.0 cm³/mol. The van der Waals surface area contributed by atoms with Crippen LogP contribution in [0.2, 0.25) is 0 Å². The van der Waals surface area contributed by atoms with E-state index in [1.54, 1.807) is 6.07 Å². The van der Waals surface area contributed by atoms with Crippen molar-refractivity contribution < 1.29 is 4.21 Å². The molecule has 6 heteroatoms. The van der Waals surface area contributed by atoms with E-state index >= 15 is 0 Å². The van der Waals surface area contributed by atoms with Gasteiger partial charge in [-0.3, -0.25) is 4.21 Å². The molecule has 2 heterocycles.